The molecule has 3 aliphatic heterocycles. The Kier molecular flexibility index (Phi) is 9.67. The van der Waals surface area contributed by atoms with Gasteiger partial charge >= 0.3 is 6.09 Å². The molecule has 1 unspecified atom stereocenters. The Labute approximate surface area is 253 Å². The topological polar surface area (TPSA) is 133 Å². The maximum Gasteiger partial charge on any atom is 0.407 e. The number of amides is 2. The predicted molar refractivity (Wildman–Crippen MR) is 160 cm³/mol. The molecule has 5 rings (SSSR count). The van der Waals surface area contributed by atoms with Gasteiger partial charge in [0.1, 0.15) is 17.7 Å². The minimum atomic E-state index is -1.51. The molecule has 2 fully saturated rings. The summed E-state index contributed by atoms with van der Waals surface area (Å²) in [5.74, 6) is -0.224. The molecule has 2 aromatic carbocycles. The van der Waals surface area contributed by atoms with E-state index in [4.69, 9.17) is 14.2 Å². The molecule has 0 saturated carbocycles. The van der Waals surface area contributed by atoms with Crippen LogP contribution >= 0.6 is 0 Å². The van der Waals surface area contributed by atoms with Crippen LogP contribution in [0.2, 0.25) is 0 Å². The summed E-state index contributed by atoms with van der Waals surface area (Å²) in [5, 5.41) is 24.7. The second-order valence-electron chi connectivity index (χ2n) is 12.7. The first-order valence-corrected chi connectivity index (χ1v) is 15.1. The lowest BCUT2D eigenvalue weighted by atomic mass is 9.85. The number of alkyl carbamates (subject to hydrolysis) is 1. The fraction of sp³-hybridized carbons (Fsp3) is 0.545. The lowest BCUT2D eigenvalue weighted by molar-refractivity contribution is -0.129. The Balaban J connectivity index is 1.14. The summed E-state index contributed by atoms with van der Waals surface area (Å²) in [7, 11) is 0. The number of carbonyl (C=O) groups is 2. The standard InChI is InChI=1S/C33H42N4O6/c1-33(2,3)43-32(40)35-17-29(38)31(39)36-26(16-34)14-21-4-6-22(7-5-21)24-8-9-25-18-42-30(28(25)15-24)23-10-12-37(13-11-23)27-19-41-20-27/h4-9,15,23,26-27,29-30,38H,10-14,17-20H2,1-3H3,(H,35,40)(H,36,39)/t26-,29-,30?/m0/s1. The minimum absolute atomic E-state index is 0.128. The highest BCUT2D eigenvalue weighted by atomic mass is 16.6. The molecule has 3 aliphatic rings. The Hall–Kier alpha value is -3.49. The van der Waals surface area contributed by atoms with Crippen molar-refractivity contribution in [2.24, 2.45) is 5.92 Å². The van der Waals surface area contributed by atoms with E-state index in [9.17, 15) is 20.0 Å². The molecular formula is C33H42N4O6. The van der Waals surface area contributed by atoms with Crippen molar-refractivity contribution in [1.82, 2.24) is 15.5 Å². The molecule has 0 bridgehead atoms. The molecule has 3 atom stereocenters. The second kappa shape index (κ2) is 13.4. The third kappa shape index (κ3) is 7.92. The average Bonchev–Trinajstić information content (AvgIpc) is 3.38. The molecule has 10 heteroatoms. The molecule has 3 heterocycles. The van der Waals surface area contributed by atoms with Crippen LogP contribution in [0.4, 0.5) is 4.79 Å². The van der Waals surface area contributed by atoms with Gasteiger partial charge in [0.25, 0.3) is 5.91 Å². The zero-order chi connectivity index (χ0) is 30.6. The van der Waals surface area contributed by atoms with Crippen LogP contribution in [-0.2, 0) is 32.0 Å². The molecular weight excluding hydrogens is 548 g/mol. The molecule has 2 saturated heterocycles. The molecule has 43 heavy (non-hydrogen) atoms. The van der Waals surface area contributed by atoms with E-state index < -0.39 is 29.7 Å². The molecule has 0 aromatic heterocycles. The highest BCUT2D eigenvalue weighted by molar-refractivity contribution is 5.82. The lowest BCUT2D eigenvalue weighted by Gasteiger charge is -2.42. The zero-order valence-corrected chi connectivity index (χ0v) is 25.2. The number of ether oxygens (including phenoxy) is 3. The van der Waals surface area contributed by atoms with E-state index in [1.165, 1.54) is 11.1 Å². The first-order valence-electron chi connectivity index (χ1n) is 15.1. The fourth-order valence-electron chi connectivity index (χ4n) is 5.90. The zero-order valence-electron chi connectivity index (χ0n) is 25.2. The van der Waals surface area contributed by atoms with Crippen molar-refractivity contribution in [3.05, 3.63) is 59.2 Å². The predicted octanol–water partition coefficient (Wildman–Crippen LogP) is 3.47. The Morgan fingerprint density at radius 3 is 2.44 bits per heavy atom. The van der Waals surface area contributed by atoms with Gasteiger partial charge < -0.3 is 30.0 Å². The van der Waals surface area contributed by atoms with Crippen LogP contribution in [0.3, 0.4) is 0 Å². The van der Waals surface area contributed by atoms with E-state index in [0.29, 0.717) is 18.6 Å². The van der Waals surface area contributed by atoms with E-state index in [1.807, 2.05) is 24.3 Å². The van der Waals surface area contributed by atoms with Crippen molar-refractivity contribution < 1.29 is 28.9 Å². The number of benzene rings is 2. The van der Waals surface area contributed by atoms with Crippen LogP contribution in [0.5, 0.6) is 0 Å². The van der Waals surface area contributed by atoms with Gasteiger partial charge in [-0.25, -0.2) is 4.79 Å². The molecule has 2 amide bonds. The van der Waals surface area contributed by atoms with Gasteiger partial charge in [-0.15, -0.1) is 0 Å². The van der Waals surface area contributed by atoms with Crippen molar-refractivity contribution in [2.75, 3.05) is 32.8 Å². The van der Waals surface area contributed by atoms with E-state index >= 15 is 0 Å². The van der Waals surface area contributed by atoms with Gasteiger partial charge in [0.05, 0.1) is 44.6 Å². The quantitative estimate of drug-likeness (QED) is 0.405. The molecule has 0 spiro atoms. The molecule has 230 valence electrons. The number of nitrogens with one attached hydrogen (secondary N) is 2. The molecule has 0 aliphatic carbocycles. The Morgan fingerprint density at radius 2 is 1.81 bits per heavy atom. The van der Waals surface area contributed by atoms with Crippen molar-refractivity contribution >= 4 is 12.0 Å². The molecule has 10 nitrogen and oxygen atoms in total. The van der Waals surface area contributed by atoms with Gasteiger partial charge in [-0.05, 0) is 86.5 Å². The van der Waals surface area contributed by atoms with Crippen LogP contribution in [0.1, 0.15) is 56.4 Å². The minimum Gasteiger partial charge on any atom is -0.444 e. The van der Waals surface area contributed by atoms with E-state index in [2.05, 4.69) is 39.8 Å². The summed E-state index contributed by atoms with van der Waals surface area (Å²) in [6.07, 6.45) is 0.427. The summed E-state index contributed by atoms with van der Waals surface area (Å²) in [6, 6.07) is 16.3. The number of nitriles is 1. The third-order valence-electron chi connectivity index (χ3n) is 8.35. The highest BCUT2D eigenvalue weighted by Crippen LogP contribution is 2.42. The maximum atomic E-state index is 12.4. The average molecular weight is 591 g/mol. The van der Waals surface area contributed by atoms with Crippen LogP contribution in [0, 0.1) is 17.2 Å². The molecule has 0 radical (unpaired) electrons. The van der Waals surface area contributed by atoms with Crippen LogP contribution in [0.15, 0.2) is 42.5 Å². The van der Waals surface area contributed by atoms with Crippen molar-refractivity contribution in [3.63, 3.8) is 0 Å². The second-order valence-corrected chi connectivity index (χ2v) is 12.7. The van der Waals surface area contributed by atoms with Crippen molar-refractivity contribution in [2.45, 2.75) is 76.5 Å². The molecule has 3 N–H and O–H groups in total. The Morgan fingerprint density at radius 1 is 1.12 bits per heavy atom. The van der Waals surface area contributed by atoms with E-state index in [-0.39, 0.29) is 19.1 Å². The van der Waals surface area contributed by atoms with Crippen molar-refractivity contribution in [1.29, 1.82) is 5.26 Å². The van der Waals surface area contributed by atoms with Crippen LogP contribution in [-0.4, -0.2) is 78.6 Å². The first-order chi connectivity index (χ1) is 20.6. The summed E-state index contributed by atoms with van der Waals surface area (Å²) < 4.78 is 16.8. The maximum absolute atomic E-state index is 12.4. The number of aliphatic hydroxyl groups is 1. The van der Waals surface area contributed by atoms with Gasteiger partial charge in [-0.1, -0.05) is 36.4 Å². The summed E-state index contributed by atoms with van der Waals surface area (Å²) in [4.78, 5) is 26.8. The summed E-state index contributed by atoms with van der Waals surface area (Å²) in [6.45, 7) is 9.40. The largest absolute Gasteiger partial charge is 0.444 e. The number of likely N-dealkylation sites (tertiary alicyclic amines) is 1. The highest BCUT2D eigenvalue weighted by Gasteiger charge is 2.36. The first kappa shape index (κ1) is 31.0. The Bertz CT molecular complexity index is 1320. The summed E-state index contributed by atoms with van der Waals surface area (Å²) >= 11 is 0. The van der Waals surface area contributed by atoms with Crippen LogP contribution < -0.4 is 10.6 Å². The van der Waals surface area contributed by atoms with Gasteiger partial charge in [0.2, 0.25) is 0 Å². The van der Waals surface area contributed by atoms with Gasteiger partial charge in [-0.3, -0.25) is 9.69 Å². The number of aliphatic hydroxyl groups excluding tert-OH is 1. The van der Waals surface area contributed by atoms with E-state index in [1.54, 1.807) is 20.8 Å². The lowest BCUT2D eigenvalue weighted by Crippen LogP contribution is -2.52. The van der Waals surface area contributed by atoms with Crippen molar-refractivity contribution in [3.8, 4) is 17.2 Å². The summed E-state index contributed by atoms with van der Waals surface area (Å²) in [5.41, 5.74) is 4.92. The monoisotopic (exact) mass is 590 g/mol. The number of carbonyl (C=O) groups excluding carboxylic acids is 2. The number of nitrogens with zero attached hydrogens (tertiary/aromatic N) is 2. The molecule has 2 aromatic rings. The number of rotatable bonds is 9. The number of piperidine rings is 1. The van der Waals surface area contributed by atoms with E-state index in [0.717, 1.165) is 55.8 Å². The number of hydrogen-bond acceptors (Lipinski definition) is 8. The number of fused-ring (bicyclic) bond motifs is 1. The van der Waals surface area contributed by atoms with Gasteiger partial charge in [0, 0.05) is 6.42 Å². The normalized spacial score (nSPS) is 20.8. The third-order valence-corrected chi connectivity index (χ3v) is 8.35. The van der Waals surface area contributed by atoms with Crippen LogP contribution in [0.25, 0.3) is 11.1 Å². The van der Waals surface area contributed by atoms with Gasteiger partial charge in [-0.2, -0.15) is 5.26 Å². The fourth-order valence-corrected chi connectivity index (χ4v) is 5.90. The van der Waals surface area contributed by atoms with Gasteiger partial charge in [0.15, 0.2) is 0 Å². The SMILES string of the molecule is CC(C)(C)OC(=O)NC[C@H](O)C(=O)N[C@H](C#N)Cc1ccc(-c2ccc3c(c2)C(C2CCN(C4COC4)CC2)OC3)cc1. The smallest absolute Gasteiger partial charge is 0.407 e. The number of hydrogen-bond donors (Lipinski definition) is 3.